The van der Waals surface area contributed by atoms with E-state index in [1.165, 1.54) is 12.6 Å². The topological polar surface area (TPSA) is 157 Å². The molecule has 0 spiro atoms. The predicted octanol–water partition coefficient (Wildman–Crippen LogP) is 8.63. The van der Waals surface area contributed by atoms with E-state index in [4.69, 9.17) is 19.4 Å². The lowest BCUT2D eigenvalue weighted by Crippen LogP contribution is -2.44. The van der Waals surface area contributed by atoms with Gasteiger partial charge in [-0.1, -0.05) is 24.3 Å². The van der Waals surface area contributed by atoms with Gasteiger partial charge in [-0.3, -0.25) is 15.0 Å². The molecule has 1 saturated heterocycles. The Kier molecular flexibility index (Phi) is 11.2. The van der Waals surface area contributed by atoms with Gasteiger partial charge in [-0.25, -0.2) is 9.97 Å². The molecule has 60 heavy (non-hydrogen) atoms. The highest BCUT2D eigenvalue weighted by atomic mass is 16.5. The van der Waals surface area contributed by atoms with Gasteiger partial charge in [0, 0.05) is 77.5 Å². The van der Waals surface area contributed by atoms with Crippen molar-refractivity contribution in [1.29, 1.82) is 0 Å². The summed E-state index contributed by atoms with van der Waals surface area (Å²) in [6.45, 7) is 9.56. The summed E-state index contributed by atoms with van der Waals surface area (Å²) in [5.41, 5.74) is 12.3. The molecule has 5 heterocycles. The highest BCUT2D eigenvalue weighted by molar-refractivity contribution is 5.94. The number of aromatic hydroxyl groups is 1. The lowest BCUT2D eigenvalue weighted by Gasteiger charge is -2.34. The molecule has 4 N–H and O–H groups in total. The van der Waals surface area contributed by atoms with Crippen molar-refractivity contribution in [2.24, 2.45) is 0 Å². The molecule has 4 aromatic heterocycles. The summed E-state index contributed by atoms with van der Waals surface area (Å²) in [5.74, 6) is 1.55. The summed E-state index contributed by atoms with van der Waals surface area (Å²) < 4.78 is 10.7. The van der Waals surface area contributed by atoms with Gasteiger partial charge in [-0.2, -0.15) is 10.2 Å². The average Bonchev–Trinajstić information content (AvgIpc) is 3.90. The molecule has 0 unspecified atom stereocenters. The lowest BCUT2D eigenvalue weighted by atomic mass is 10.0. The van der Waals surface area contributed by atoms with E-state index in [1.54, 1.807) is 14.2 Å². The molecular weight excluding hydrogens is 755 g/mol. The van der Waals surface area contributed by atoms with E-state index in [0.717, 1.165) is 98.8 Å². The van der Waals surface area contributed by atoms with E-state index < -0.39 is 0 Å². The molecule has 1 fully saturated rings. The molecule has 13 heteroatoms. The number of fused-ring (bicyclic) bond motifs is 2. The summed E-state index contributed by atoms with van der Waals surface area (Å²) in [5, 5.41) is 29.8. The van der Waals surface area contributed by atoms with Crippen molar-refractivity contribution < 1.29 is 19.4 Å². The number of H-pyrrole nitrogens is 2. The van der Waals surface area contributed by atoms with Crippen LogP contribution in [0.4, 0.5) is 11.4 Å². The molecule has 0 atom stereocenters. The van der Waals surface area contributed by atoms with Gasteiger partial charge in [0.15, 0.2) is 22.8 Å². The smallest absolute Gasteiger partial charge is 0.221 e. The van der Waals surface area contributed by atoms with Crippen LogP contribution in [-0.2, 0) is 4.79 Å². The third-order valence-electron chi connectivity index (χ3n) is 10.8. The fraction of sp³-hybridized carbons (Fsp3) is 0.213. The minimum Gasteiger partial charge on any atom is -0.507 e. The maximum Gasteiger partial charge on any atom is 0.221 e. The Labute approximate surface area is 348 Å². The number of methoxy groups -OCH3 is 2. The van der Waals surface area contributed by atoms with Gasteiger partial charge in [0.05, 0.1) is 37.0 Å². The molecule has 304 valence electrons. The summed E-state index contributed by atoms with van der Waals surface area (Å²) in [7, 11) is 5.40. The van der Waals surface area contributed by atoms with Crippen molar-refractivity contribution in [1.82, 2.24) is 35.3 Å². The number of aromatic amines is 2. The number of hydrogen-bond acceptors (Lipinski definition) is 10. The van der Waals surface area contributed by atoms with Crippen LogP contribution < -0.4 is 19.7 Å². The summed E-state index contributed by atoms with van der Waals surface area (Å²) in [4.78, 5) is 25.6. The second-order valence-electron chi connectivity index (χ2n) is 15.0. The molecule has 13 nitrogen and oxygen atoms in total. The monoisotopic (exact) mass is 801 g/mol. The Bertz CT molecular complexity index is 2800. The van der Waals surface area contributed by atoms with E-state index in [9.17, 15) is 9.90 Å². The van der Waals surface area contributed by atoms with Gasteiger partial charge >= 0.3 is 0 Å². The van der Waals surface area contributed by atoms with E-state index in [2.05, 4.69) is 72.9 Å². The van der Waals surface area contributed by atoms with Gasteiger partial charge in [-0.05, 0) is 111 Å². The van der Waals surface area contributed by atoms with Crippen molar-refractivity contribution in [3.8, 4) is 62.3 Å². The molecule has 4 aromatic carbocycles. The van der Waals surface area contributed by atoms with Gasteiger partial charge < -0.3 is 29.7 Å². The fourth-order valence-electron chi connectivity index (χ4n) is 7.52. The maximum atomic E-state index is 11.4. The summed E-state index contributed by atoms with van der Waals surface area (Å²) in [6, 6.07) is 33.9. The van der Waals surface area contributed by atoms with Crippen LogP contribution in [-0.4, -0.2) is 93.7 Å². The maximum absolute atomic E-state index is 11.4. The normalized spacial score (nSPS) is 12.9. The number of anilines is 2. The molecule has 1 amide bonds. The Morgan fingerprint density at radius 3 is 1.85 bits per heavy atom. The first-order valence-electron chi connectivity index (χ1n) is 19.7. The first-order valence-corrected chi connectivity index (χ1v) is 19.7. The van der Waals surface area contributed by atoms with Gasteiger partial charge in [0.2, 0.25) is 5.91 Å². The van der Waals surface area contributed by atoms with Crippen molar-refractivity contribution >= 4 is 39.3 Å². The zero-order valence-corrected chi connectivity index (χ0v) is 34.5. The number of aryl methyl sites for hydroxylation is 2. The quantitative estimate of drug-likeness (QED) is 0.117. The largest absolute Gasteiger partial charge is 0.507 e. The molecule has 0 aliphatic carbocycles. The van der Waals surface area contributed by atoms with Crippen molar-refractivity contribution in [2.45, 2.75) is 20.8 Å². The van der Waals surface area contributed by atoms with Crippen LogP contribution in [0.2, 0.25) is 0 Å². The molecule has 1 aliphatic heterocycles. The third-order valence-corrected chi connectivity index (χ3v) is 10.8. The Morgan fingerprint density at radius 2 is 1.25 bits per heavy atom. The Balaban J connectivity index is 0.000000168. The fourth-order valence-corrected chi connectivity index (χ4v) is 7.52. The molecule has 0 bridgehead atoms. The number of amides is 1. The lowest BCUT2D eigenvalue weighted by molar-refractivity contribution is -0.114. The standard InChI is InChI=1S/C25H26N6O.C22H21N3O3/c1-17(32)26-20-5-3-4-19(16-20)23-11-10-22-24(28-29-25(22)27-23)18-6-8-21(9-7-18)31-14-12-30(2)13-15-31;1-12-9-15(10-13(2)21(12)26)17-7-6-16-20(24-25-22(16)23-17)14-5-8-18(27-3)19(11-14)28-4/h3-11,16H,12-15H2,1-2H3,(H,26,32)(H,27,28,29);5-11,26H,1-4H3,(H,23,24,25). The number of carbonyl (C=O) groups is 1. The highest BCUT2D eigenvalue weighted by Crippen LogP contribution is 2.36. The number of rotatable bonds is 8. The number of nitrogens with zero attached hydrogens (tertiary/aromatic N) is 6. The van der Waals surface area contributed by atoms with Crippen molar-refractivity contribution in [2.75, 3.05) is 57.7 Å². The predicted molar refractivity (Wildman–Crippen MR) is 238 cm³/mol. The van der Waals surface area contributed by atoms with Crippen LogP contribution in [0.1, 0.15) is 18.1 Å². The van der Waals surface area contributed by atoms with Crippen LogP contribution in [0.3, 0.4) is 0 Å². The molecule has 1 aliphatic rings. The van der Waals surface area contributed by atoms with E-state index >= 15 is 0 Å². The van der Waals surface area contributed by atoms with Crippen molar-refractivity contribution in [3.05, 3.63) is 114 Å². The minimum atomic E-state index is -0.0962. The molecule has 0 saturated carbocycles. The molecule has 8 aromatic rings. The number of phenolic OH excluding ortho intramolecular Hbond substituents is 1. The summed E-state index contributed by atoms with van der Waals surface area (Å²) >= 11 is 0. The summed E-state index contributed by atoms with van der Waals surface area (Å²) in [6.07, 6.45) is 0. The highest BCUT2D eigenvalue weighted by Gasteiger charge is 2.17. The number of hydrogen-bond donors (Lipinski definition) is 4. The van der Waals surface area contributed by atoms with Crippen molar-refractivity contribution in [3.63, 3.8) is 0 Å². The number of carbonyl (C=O) groups excluding carboxylic acids is 1. The first-order chi connectivity index (χ1) is 29.1. The van der Waals surface area contributed by atoms with Crippen LogP contribution in [0.15, 0.2) is 103 Å². The SMILES string of the molecule is CC(=O)Nc1cccc(-c2ccc3c(-c4ccc(N5CCN(C)CC5)cc4)[nH]nc3n2)c1.COc1ccc(-c2[nH]nc3nc(-c4cc(C)c(O)c(C)c4)ccc23)cc1OC. The van der Waals surface area contributed by atoms with E-state index in [-0.39, 0.29) is 5.91 Å². The average molecular weight is 802 g/mol. The minimum absolute atomic E-state index is 0.0962. The van der Waals surface area contributed by atoms with Crippen LogP contribution in [0.5, 0.6) is 17.2 Å². The Hall–Kier alpha value is -7.25. The van der Waals surface area contributed by atoms with Crippen LogP contribution >= 0.6 is 0 Å². The number of pyridine rings is 2. The van der Waals surface area contributed by atoms with Gasteiger partial charge in [0.1, 0.15) is 5.75 Å². The van der Waals surface area contributed by atoms with Gasteiger partial charge in [0.25, 0.3) is 0 Å². The first kappa shape index (κ1) is 39.6. The number of benzene rings is 4. The molecular formula is C47H47N9O4. The second kappa shape index (κ2) is 16.9. The second-order valence-corrected chi connectivity index (χ2v) is 15.0. The van der Waals surface area contributed by atoms with Crippen LogP contribution in [0, 0.1) is 13.8 Å². The third kappa shape index (κ3) is 8.20. The Morgan fingerprint density at radius 1 is 0.667 bits per heavy atom. The van der Waals surface area contributed by atoms with E-state index in [0.29, 0.717) is 28.5 Å². The number of ether oxygens (including phenoxy) is 2. The zero-order chi connectivity index (χ0) is 41.9. The number of nitrogens with one attached hydrogen (secondary N) is 3. The number of phenols is 1. The van der Waals surface area contributed by atoms with E-state index in [1.807, 2.05) is 86.6 Å². The molecule has 0 radical (unpaired) electrons. The number of likely N-dealkylation sites (N-methyl/N-ethyl adjacent to an activating group) is 1. The molecule has 9 rings (SSSR count). The van der Waals surface area contributed by atoms with Crippen LogP contribution in [0.25, 0.3) is 67.1 Å². The number of piperazine rings is 1. The zero-order valence-electron chi connectivity index (χ0n) is 34.5. The van der Waals surface area contributed by atoms with Gasteiger partial charge in [-0.15, -0.1) is 0 Å². The number of aromatic nitrogens is 6.